The van der Waals surface area contributed by atoms with E-state index < -0.39 is 0 Å². The molecule has 0 bridgehead atoms. The Labute approximate surface area is 280 Å². The molecule has 47 heavy (non-hydrogen) atoms. The third-order valence-corrected chi connectivity index (χ3v) is 8.23. The number of carbonyl (C=O) groups is 1. The number of unbranched alkanes of at least 4 members (excludes halogenated alkanes) is 8. The molecule has 0 spiro atoms. The van der Waals surface area contributed by atoms with Crippen molar-refractivity contribution in [2.75, 3.05) is 13.2 Å². The maximum atomic E-state index is 11.4. The lowest BCUT2D eigenvalue weighted by Gasteiger charge is -2.13. The second kappa shape index (κ2) is 17.4. The number of aryl methyl sites for hydroxylation is 4. The molecule has 1 heterocycles. The van der Waals surface area contributed by atoms with E-state index in [1.807, 2.05) is 24.3 Å². The van der Waals surface area contributed by atoms with Gasteiger partial charge in [0.05, 0.1) is 18.8 Å². The molecule has 1 N–H and O–H groups in total. The molecule has 1 aromatic heterocycles. The topological polar surface area (TPSA) is 94.4 Å². The second-order valence-corrected chi connectivity index (χ2v) is 12.6. The standard InChI is InChI=1S/C40H49N3O4/c1-27(2)40(45)47-23-15-13-11-9-7-8-10-12-14-22-46-32-18-21-35(36(44)26-32)39-42-37(33-19-16-28(3)24-30(33)5)41-38(43-39)34-20-17-29(4)25-31(34)6/h16-21,24-26,44H,1,7-15,22-23H2,2-6H3. The molecule has 0 unspecified atom stereocenters. The highest BCUT2D eigenvalue weighted by Gasteiger charge is 2.17. The molecule has 0 radical (unpaired) electrons. The third kappa shape index (κ3) is 10.5. The molecule has 4 rings (SSSR count). The molecule has 7 heteroatoms. The Morgan fingerprint density at radius 3 is 1.55 bits per heavy atom. The van der Waals surface area contributed by atoms with E-state index in [0.717, 1.165) is 54.4 Å². The summed E-state index contributed by atoms with van der Waals surface area (Å²) in [5, 5.41) is 11.1. The van der Waals surface area contributed by atoms with Gasteiger partial charge in [0, 0.05) is 22.8 Å². The van der Waals surface area contributed by atoms with E-state index in [0.29, 0.717) is 47.6 Å². The number of ether oxygens (including phenoxy) is 2. The molecule has 0 amide bonds. The highest BCUT2D eigenvalue weighted by atomic mass is 16.5. The first-order chi connectivity index (χ1) is 22.6. The van der Waals surface area contributed by atoms with Gasteiger partial charge in [0.25, 0.3) is 0 Å². The van der Waals surface area contributed by atoms with Crippen molar-refractivity contribution in [3.05, 3.63) is 89.0 Å². The summed E-state index contributed by atoms with van der Waals surface area (Å²) in [6.07, 6.45) is 10.0. The average Bonchev–Trinajstić information content (AvgIpc) is 3.03. The molecule has 4 aromatic rings. The largest absolute Gasteiger partial charge is 0.507 e. The van der Waals surface area contributed by atoms with Crippen LogP contribution in [0.15, 0.2) is 66.7 Å². The maximum absolute atomic E-state index is 11.4. The minimum Gasteiger partial charge on any atom is -0.507 e. The van der Waals surface area contributed by atoms with Crippen LogP contribution in [0.1, 0.15) is 87.0 Å². The van der Waals surface area contributed by atoms with Crippen molar-refractivity contribution >= 4 is 5.97 Å². The zero-order chi connectivity index (χ0) is 33.8. The lowest BCUT2D eigenvalue weighted by Crippen LogP contribution is -2.05. The van der Waals surface area contributed by atoms with Crippen LogP contribution in [-0.4, -0.2) is 39.2 Å². The van der Waals surface area contributed by atoms with Gasteiger partial charge in [0.1, 0.15) is 11.5 Å². The van der Waals surface area contributed by atoms with Gasteiger partial charge in [-0.05, 0) is 70.7 Å². The number of aromatic nitrogens is 3. The van der Waals surface area contributed by atoms with Gasteiger partial charge in [-0.25, -0.2) is 19.7 Å². The van der Waals surface area contributed by atoms with E-state index in [-0.39, 0.29) is 11.7 Å². The third-order valence-electron chi connectivity index (χ3n) is 8.23. The van der Waals surface area contributed by atoms with Crippen LogP contribution in [0.2, 0.25) is 0 Å². The number of hydrogen-bond donors (Lipinski definition) is 1. The number of nitrogens with zero attached hydrogens (tertiary/aromatic N) is 3. The minimum atomic E-state index is -0.298. The van der Waals surface area contributed by atoms with Crippen molar-refractivity contribution in [3.8, 4) is 45.7 Å². The smallest absolute Gasteiger partial charge is 0.333 e. The molecule has 0 aliphatic rings. The van der Waals surface area contributed by atoms with E-state index in [9.17, 15) is 9.90 Å². The van der Waals surface area contributed by atoms with Crippen molar-refractivity contribution in [3.63, 3.8) is 0 Å². The first-order valence-electron chi connectivity index (χ1n) is 16.8. The minimum absolute atomic E-state index is 0.0702. The summed E-state index contributed by atoms with van der Waals surface area (Å²) in [6, 6.07) is 17.8. The van der Waals surface area contributed by atoms with Crippen LogP contribution in [0.25, 0.3) is 34.2 Å². The molecular weight excluding hydrogens is 586 g/mol. The van der Waals surface area contributed by atoms with Gasteiger partial charge in [-0.15, -0.1) is 0 Å². The van der Waals surface area contributed by atoms with E-state index in [4.69, 9.17) is 24.4 Å². The summed E-state index contributed by atoms with van der Waals surface area (Å²) in [6.45, 7) is 14.6. The van der Waals surface area contributed by atoms with Crippen LogP contribution < -0.4 is 4.74 Å². The van der Waals surface area contributed by atoms with Crippen molar-refractivity contribution in [1.29, 1.82) is 0 Å². The molecule has 0 saturated carbocycles. The zero-order valence-corrected chi connectivity index (χ0v) is 28.7. The lowest BCUT2D eigenvalue weighted by atomic mass is 10.0. The number of phenols is 1. The van der Waals surface area contributed by atoms with Crippen molar-refractivity contribution in [2.24, 2.45) is 0 Å². The first-order valence-corrected chi connectivity index (χ1v) is 16.8. The van der Waals surface area contributed by atoms with Gasteiger partial charge in [-0.1, -0.05) is 99.0 Å². The Morgan fingerprint density at radius 2 is 1.09 bits per heavy atom. The Bertz CT molecular complexity index is 1610. The number of phenolic OH excluding ortho intramolecular Hbond substituents is 1. The summed E-state index contributed by atoms with van der Waals surface area (Å²) < 4.78 is 11.1. The molecule has 0 fully saturated rings. The quantitative estimate of drug-likeness (QED) is 0.0701. The van der Waals surface area contributed by atoms with E-state index >= 15 is 0 Å². The molecular formula is C40H49N3O4. The fourth-order valence-corrected chi connectivity index (χ4v) is 5.58. The number of carbonyl (C=O) groups excluding carboxylic acids is 1. The normalized spacial score (nSPS) is 11.0. The summed E-state index contributed by atoms with van der Waals surface area (Å²) in [7, 11) is 0. The van der Waals surface area contributed by atoms with Gasteiger partial charge in [0.2, 0.25) is 0 Å². The summed E-state index contributed by atoms with van der Waals surface area (Å²) >= 11 is 0. The van der Waals surface area contributed by atoms with E-state index in [2.05, 4.69) is 58.5 Å². The highest BCUT2D eigenvalue weighted by Crippen LogP contribution is 2.34. The molecule has 3 aromatic carbocycles. The Hall–Kier alpha value is -4.52. The van der Waals surface area contributed by atoms with Crippen LogP contribution in [0.5, 0.6) is 11.5 Å². The number of esters is 1. The summed E-state index contributed by atoms with van der Waals surface area (Å²) in [5.74, 6) is 1.96. The van der Waals surface area contributed by atoms with E-state index in [1.165, 1.54) is 36.8 Å². The van der Waals surface area contributed by atoms with Crippen LogP contribution in [-0.2, 0) is 9.53 Å². The first kappa shape index (κ1) is 35.3. The number of hydrogen-bond acceptors (Lipinski definition) is 7. The fraction of sp³-hybridized carbons (Fsp3) is 0.400. The van der Waals surface area contributed by atoms with Crippen LogP contribution in [0.3, 0.4) is 0 Å². The van der Waals surface area contributed by atoms with Gasteiger partial charge in [0.15, 0.2) is 17.5 Å². The maximum Gasteiger partial charge on any atom is 0.333 e. The summed E-state index contributed by atoms with van der Waals surface area (Å²) in [4.78, 5) is 25.9. The molecule has 0 saturated heterocycles. The number of benzene rings is 3. The van der Waals surface area contributed by atoms with Gasteiger partial charge in [-0.2, -0.15) is 0 Å². The zero-order valence-electron chi connectivity index (χ0n) is 28.7. The van der Waals surface area contributed by atoms with Gasteiger partial charge < -0.3 is 14.6 Å². The van der Waals surface area contributed by atoms with Crippen LogP contribution in [0, 0.1) is 27.7 Å². The lowest BCUT2D eigenvalue weighted by molar-refractivity contribution is -0.139. The second-order valence-electron chi connectivity index (χ2n) is 12.6. The average molecular weight is 636 g/mol. The fourth-order valence-electron chi connectivity index (χ4n) is 5.58. The summed E-state index contributed by atoms with van der Waals surface area (Å²) in [5.41, 5.74) is 7.36. The Morgan fingerprint density at radius 1 is 0.638 bits per heavy atom. The van der Waals surface area contributed by atoms with Crippen LogP contribution in [0.4, 0.5) is 0 Å². The molecule has 0 atom stereocenters. The molecule has 0 aliphatic heterocycles. The van der Waals surface area contributed by atoms with Gasteiger partial charge >= 0.3 is 5.97 Å². The highest BCUT2D eigenvalue weighted by molar-refractivity contribution is 5.86. The Balaban J connectivity index is 1.31. The predicted octanol–water partition coefficient (Wildman–Crippen LogP) is 9.82. The number of rotatable bonds is 17. The van der Waals surface area contributed by atoms with Gasteiger partial charge in [-0.3, -0.25) is 0 Å². The molecule has 248 valence electrons. The van der Waals surface area contributed by atoms with Crippen molar-refractivity contribution in [2.45, 2.75) is 92.4 Å². The Kier molecular flexibility index (Phi) is 13.1. The molecule has 0 aliphatic carbocycles. The van der Waals surface area contributed by atoms with E-state index in [1.54, 1.807) is 13.0 Å². The van der Waals surface area contributed by atoms with Crippen molar-refractivity contribution < 1.29 is 19.4 Å². The monoisotopic (exact) mass is 635 g/mol. The SMILES string of the molecule is C=C(C)C(=O)OCCCCCCCCCCCOc1ccc(-c2nc(-c3ccc(C)cc3C)nc(-c3ccc(C)cc3C)n2)c(O)c1. The number of aromatic hydroxyl groups is 1. The van der Waals surface area contributed by atoms with Crippen LogP contribution >= 0.6 is 0 Å². The predicted molar refractivity (Wildman–Crippen MR) is 190 cm³/mol. The van der Waals surface area contributed by atoms with Crippen molar-refractivity contribution in [1.82, 2.24) is 15.0 Å². The molecule has 7 nitrogen and oxygen atoms in total.